The average molecular weight is 197 g/mol. The molecule has 0 amide bonds. The average Bonchev–Trinajstić information content (AvgIpc) is 2.75. The quantitative estimate of drug-likeness (QED) is 0.681. The summed E-state index contributed by atoms with van der Waals surface area (Å²) in [5.74, 6) is 3.36. The number of oxazole rings is 1. The molecule has 1 fully saturated rings. The highest BCUT2D eigenvalue weighted by molar-refractivity contribution is 7.99. The van der Waals surface area contributed by atoms with E-state index in [0.717, 1.165) is 18.1 Å². The predicted molar refractivity (Wildman–Crippen MR) is 51.2 cm³/mol. The molecule has 1 saturated heterocycles. The second-order valence-corrected chi connectivity index (χ2v) is 4.34. The van der Waals surface area contributed by atoms with Crippen molar-refractivity contribution >= 4 is 17.5 Å². The highest BCUT2D eigenvalue weighted by Gasteiger charge is 2.22. The number of nitrogens with zero attached hydrogens (tertiary/aromatic N) is 1. The zero-order chi connectivity index (χ0) is 9.26. The minimum atomic E-state index is -0.0272. The maximum Gasteiger partial charge on any atom is 0.198 e. The van der Waals surface area contributed by atoms with Crippen LogP contribution >= 0.6 is 11.8 Å². The Labute approximate surface area is 80.9 Å². The van der Waals surface area contributed by atoms with Gasteiger partial charge in [-0.3, -0.25) is 4.79 Å². The monoisotopic (exact) mass is 197 g/mol. The van der Waals surface area contributed by atoms with Crippen molar-refractivity contribution in [2.24, 2.45) is 0 Å². The molecule has 0 bridgehead atoms. The van der Waals surface area contributed by atoms with E-state index in [9.17, 15) is 4.79 Å². The van der Waals surface area contributed by atoms with E-state index in [1.165, 1.54) is 18.9 Å². The maximum absolute atomic E-state index is 10.9. The van der Waals surface area contributed by atoms with E-state index >= 15 is 0 Å². The predicted octanol–water partition coefficient (Wildman–Crippen LogP) is 2.10. The molecule has 1 aromatic heterocycles. The van der Waals surface area contributed by atoms with Gasteiger partial charge in [-0.15, -0.1) is 0 Å². The van der Waals surface area contributed by atoms with Crippen LogP contribution < -0.4 is 0 Å². The van der Waals surface area contributed by atoms with Crippen molar-refractivity contribution < 1.29 is 9.21 Å². The number of Topliss-reactive ketones (excluding diaryl/α,β-unsaturated/α-hetero) is 1. The van der Waals surface area contributed by atoms with Gasteiger partial charge in [0, 0.05) is 18.6 Å². The fourth-order valence-corrected chi connectivity index (χ4v) is 2.58. The zero-order valence-electron chi connectivity index (χ0n) is 7.45. The number of rotatable bonds is 2. The second kappa shape index (κ2) is 3.54. The summed E-state index contributed by atoms with van der Waals surface area (Å²) >= 11 is 1.91. The van der Waals surface area contributed by atoms with E-state index in [-0.39, 0.29) is 5.78 Å². The first-order chi connectivity index (χ1) is 6.27. The van der Waals surface area contributed by atoms with Crippen molar-refractivity contribution in [3.05, 3.63) is 17.8 Å². The molecule has 1 aliphatic rings. The second-order valence-electron chi connectivity index (χ2n) is 3.19. The van der Waals surface area contributed by atoms with Crippen molar-refractivity contribution in [3.63, 3.8) is 0 Å². The van der Waals surface area contributed by atoms with Gasteiger partial charge in [-0.25, -0.2) is 4.98 Å². The first-order valence-electron chi connectivity index (χ1n) is 4.31. The summed E-state index contributed by atoms with van der Waals surface area (Å²) in [5, 5.41) is 0. The summed E-state index contributed by atoms with van der Waals surface area (Å²) in [7, 11) is 0. The summed E-state index contributed by atoms with van der Waals surface area (Å²) in [6, 6.07) is 0. The van der Waals surface area contributed by atoms with Gasteiger partial charge in [0.05, 0.1) is 0 Å². The fourth-order valence-electron chi connectivity index (χ4n) is 1.37. The molecule has 0 N–H and O–H groups in total. The molecular weight excluding hydrogens is 186 g/mol. The van der Waals surface area contributed by atoms with Crippen molar-refractivity contribution in [1.82, 2.24) is 4.98 Å². The van der Waals surface area contributed by atoms with Gasteiger partial charge in [-0.05, 0) is 12.2 Å². The number of ketones is 1. The van der Waals surface area contributed by atoms with Crippen molar-refractivity contribution in [2.75, 3.05) is 11.5 Å². The normalized spacial score (nSPS) is 22.1. The molecule has 0 aromatic carbocycles. The third kappa shape index (κ3) is 1.77. The van der Waals surface area contributed by atoms with Gasteiger partial charge in [0.25, 0.3) is 0 Å². The summed E-state index contributed by atoms with van der Waals surface area (Å²) in [5.41, 5.74) is 0.451. The Morgan fingerprint density at radius 3 is 3.15 bits per heavy atom. The minimum Gasteiger partial charge on any atom is -0.448 e. The first kappa shape index (κ1) is 8.81. The number of aromatic nitrogens is 1. The van der Waals surface area contributed by atoms with Crippen LogP contribution in [0.5, 0.6) is 0 Å². The molecule has 0 radical (unpaired) electrons. The number of carbonyl (C=O) groups is 1. The molecule has 70 valence electrons. The molecule has 1 unspecified atom stereocenters. The number of hydrogen-bond acceptors (Lipinski definition) is 4. The van der Waals surface area contributed by atoms with Crippen molar-refractivity contribution in [2.45, 2.75) is 19.3 Å². The van der Waals surface area contributed by atoms with Crippen LogP contribution in [0.1, 0.15) is 35.6 Å². The molecule has 1 atom stereocenters. The van der Waals surface area contributed by atoms with Gasteiger partial charge in [0.1, 0.15) is 12.0 Å². The van der Waals surface area contributed by atoms with E-state index in [0.29, 0.717) is 11.6 Å². The van der Waals surface area contributed by atoms with Gasteiger partial charge in [-0.1, -0.05) is 0 Å². The highest BCUT2D eigenvalue weighted by atomic mass is 32.2. The van der Waals surface area contributed by atoms with Gasteiger partial charge in [-0.2, -0.15) is 11.8 Å². The van der Waals surface area contributed by atoms with Crippen LogP contribution in [0.4, 0.5) is 0 Å². The van der Waals surface area contributed by atoms with Gasteiger partial charge >= 0.3 is 0 Å². The molecule has 0 saturated carbocycles. The lowest BCUT2D eigenvalue weighted by Gasteiger charge is -1.99. The van der Waals surface area contributed by atoms with E-state index in [2.05, 4.69) is 4.98 Å². The molecule has 1 aromatic rings. The third-order valence-electron chi connectivity index (χ3n) is 2.16. The largest absolute Gasteiger partial charge is 0.448 e. The van der Waals surface area contributed by atoms with Gasteiger partial charge < -0.3 is 4.42 Å². The van der Waals surface area contributed by atoms with E-state index < -0.39 is 0 Å². The van der Waals surface area contributed by atoms with Gasteiger partial charge in [0.15, 0.2) is 11.7 Å². The maximum atomic E-state index is 10.9. The Morgan fingerprint density at radius 1 is 1.77 bits per heavy atom. The van der Waals surface area contributed by atoms with Crippen LogP contribution in [0.2, 0.25) is 0 Å². The van der Waals surface area contributed by atoms with E-state index in [4.69, 9.17) is 4.42 Å². The lowest BCUT2D eigenvalue weighted by atomic mass is 10.1. The molecular formula is C9H11NO2S. The summed E-state index contributed by atoms with van der Waals surface area (Å²) in [4.78, 5) is 15.1. The number of thioether (sulfide) groups is 1. The topological polar surface area (TPSA) is 43.1 Å². The Kier molecular flexibility index (Phi) is 2.40. The fraction of sp³-hybridized carbons (Fsp3) is 0.556. The van der Waals surface area contributed by atoms with Crippen LogP contribution in [0.15, 0.2) is 10.7 Å². The molecule has 2 rings (SSSR count). The minimum absolute atomic E-state index is 0.0272. The summed E-state index contributed by atoms with van der Waals surface area (Å²) in [6.07, 6.45) is 2.57. The van der Waals surface area contributed by atoms with Crippen LogP contribution in [-0.2, 0) is 0 Å². The smallest absolute Gasteiger partial charge is 0.198 e. The van der Waals surface area contributed by atoms with Crippen LogP contribution in [0.3, 0.4) is 0 Å². The van der Waals surface area contributed by atoms with Crippen LogP contribution in [0, 0.1) is 0 Å². The SMILES string of the molecule is CC(=O)c1coc(C2CCSC2)n1. The molecule has 13 heavy (non-hydrogen) atoms. The number of carbonyl (C=O) groups excluding carboxylic acids is 1. The zero-order valence-corrected chi connectivity index (χ0v) is 8.26. The highest BCUT2D eigenvalue weighted by Crippen LogP contribution is 2.31. The van der Waals surface area contributed by atoms with Crippen molar-refractivity contribution in [1.29, 1.82) is 0 Å². The van der Waals surface area contributed by atoms with Crippen LogP contribution in [0.25, 0.3) is 0 Å². The first-order valence-corrected chi connectivity index (χ1v) is 5.47. The summed E-state index contributed by atoms with van der Waals surface area (Å²) in [6.45, 7) is 1.50. The summed E-state index contributed by atoms with van der Waals surface area (Å²) < 4.78 is 5.26. The number of hydrogen-bond donors (Lipinski definition) is 0. The molecule has 1 aliphatic heterocycles. The Balaban J connectivity index is 2.16. The molecule has 3 nitrogen and oxygen atoms in total. The molecule has 2 heterocycles. The molecule has 0 spiro atoms. The Hall–Kier alpha value is -0.770. The third-order valence-corrected chi connectivity index (χ3v) is 3.32. The molecule has 4 heteroatoms. The van der Waals surface area contributed by atoms with E-state index in [1.807, 2.05) is 11.8 Å². The van der Waals surface area contributed by atoms with Crippen LogP contribution in [-0.4, -0.2) is 22.3 Å². The standard InChI is InChI=1S/C9H11NO2S/c1-6(11)8-4-12-9(10-8)7-2-3-13-5-7/h4,7H,2-3,5H2,1H3. The lowest BCUT2D eigenvalue weighted by molar-refractivity contribution is 0.101. The van der Waals surface area contributed by atoms with Crippen molar-refractivity contribution in [3.8, 4) is 0 Å². The van der Waals surface area contributed by atoms with Gasteiger partial charge in [0.2, 0.25) is 0 Å². The van der Waals surface area contributed by atoms with E-state index in [1.54, 1.807) is 0 Å². The lowest BCUT2D eigenvalue weighted by Crippen LogP contribution is -1.98. The Bertz CT molecular complexity index is 315. The Morgan fingerprint density at radius 2 is 2.62 bits per heavy atom. The molecule has 0 aliphatic carbocycles.